The van der Waals surface area contributed by atoms with Gasteiger partial charge in [-0.3, -0.25) is 4.90 Å². The van der Waals surface area contributed by atoms with Crippen LogP contribution in [0.5, 0.6) is 5.75 Å². The highest BCUT2D eigenvalue weighted by atomic mass is 16.5. The van der Waals surface area contributed by atoms with Crippen molar-refractivity contribution < 1.29 is 14.6 Å². The molecule has 0 heterocycles. The molecule has 4 nitrogen and oxygen atoms in total. The number of aliphatic hydroxyl groups is 1. The van der Waals surface area contributed by atoms with E-state index in [1.807, 2.05) is 24.3 Å². The van der Waals surface area contributed by atoms with Gasteiger partial charge in [-0.15, -0.1) is 0 Å². The predicted octanol–water partition coefficient (Wildman–Crippen LogP) is 1.38. The maximum Gasteiger partial charge on any atom is 0.120 e. The number of aliphatic hydroxyl groups excluding tert-OH is 1. The van der Waals surface area contributed by atoms with Crippen molar-refractivity contribution in [2.75, 3.05) is 40.5 Å². The van der Waals surface area contributed by atoms with Crippen molar-refractivity contribution in [1.82, 2.24) is 4.90 Å². The molecule has 1 aromatic carbocycles. The van der Waals surface area contributed by atoms with Crippen LogP contribution in [-0.4, -0.2) is 56.6 Å². The molecule has 1 aromatic rings. The maximum absolute atomic E-state index is 8.67. The smallest absolute Gasteiger partial charge is 0.120 e. The van der Waals surface area contributed by atoms with Crippen LogP contribution in [0.1, 0.15) is 12.5 Å². The van der Waals surface area contributed by atoms with E-state index in [1.54, 1.807) is 7.11 Å². The van der Waals surface area contributed by atoms with Crippen molar-refractivity contribution >= 4 is 0 Å². The summed E-state index contributed by atoms with van der Waals surface area (Å²) in [4.78, 5) is 2.19. The van der Waals surface area contributed by atoms with Crippen molar-refractivity contribution in [2.45, 2.75) is 13.0 Å². The summed E-state index contributed by atoms with van der Waals surface area (Å²) in [5.74, 6) is 6.28. The molecule has 1 N–H and O–H groups in total. The molecule has 1 unspecified atom stereocenters. The van der Waals surface area contributed by atoms with Gasteiger partial charge in [0.25, 0.3) is 0 Å². The fourth-order valence-electron chi connectivity index (χ4n) is 1.70. The first-order valence-electron chi connectivity index (χ1n) is 6.69. The van der Waals surface area contributed by atoms with Gasteiger partial charge in [-0.1, -0.05) is 17.9 Å². The van der Waals surface area contributed by atoms with Gasteiger partial charge in [-0.2, -0.15) is 0 Å². The van der Waals surface area contributed by atoms with Crippen LogP contribution in [0.3, 0.4) is 0 Å². The van der Waals surface area contributed by atoms with Gasteiger partial charge in [0.2, 0.25) is 0 Å². The number of likely N-dealkylation sites (N-methyl/N-ethyl adjacent to an activating group) is 1. The van der Waals surface area contributed by atoms with Crippen LogP contribution in [0, 0.1) is 11.8 Å². The van der Waals surface area contributed by atoms with Crippen LogP contribution in [0.25, 0.3) is 0 Å². The molecule has 20 heavy (non-hydrogen) atoms. The summed E-state index contributed by atoms with van der Waals surface area (Å²) in [6, 6.07) is 7.94. The summed E-state index contributed by atoms with van der Waals surface area (Å²) in [6.07, 6.45) is 0. The van der Waals surface area contributed by atoms with Crippen LogP contribution in [-0.2, 0) is 4.74 Å². The largest absolute Gasteiger partial charge is 0.492 e. The highest BCUT2D eigenvalue weighted by Gasteiger charge is 2.08. The minimum atomic E-state index is -0.132. The number of benzene rings is 1. The second kappa shape index (κ2) is 9.38. The van der Waals surface area contributed by atoms with E-state index in [2.05, 4.69) is 30.7 Å². The van der Waals surface area contributed by atoms with Crippen molar-refractivity contribution in [3.63, 3.8) is 0 Å². The lowest BCUT2D eigenvalue weighted by atomic mass is 10.2. The molecule has 0 aliphatic heterocycles. The molecule has 0 bridgehead atoms. The highest BCUT2D eigenvalue weighted by molar-refractivity contribution is 5.39. The van der Waals surface area contributed by atoms with Crippen molar-refractivity contribution in [1.29, 1.82) is 0 Å². The Hall–Kier alpha value is -1.54. The van der Waals surface area contributed by atoms with Gasteiger partial charge in [-0.25, -0.2) is 0 Å². The zero-order valence-electron chi connectivity index (χ0n) is 12.4. The van der Waals surface area contributed by atoms with Crippen LogP contribution in [0.2, 0.25) is 0 Å². The Morgan fingerprint density at radius 3 is 2.90 bits per heavy atom. The Labute approximate surface area is 121 Å². The van der Waals surface area contributed by atoms with Gasteiger partial charge in [0.15, 0.2) is 0 Å². The number of hydrogen-bond donors (Lipinski definition) is 1. The molecule has 0 aliphatic rings. The predicted molar refractivity (Wildman–Crippen MR) is 79.9 cm³/mol. The Morgan fingerprint density at radius 1 is 1.40 bits per heavy atom. The molecule has 0 amide bonds. The molecule has 0 saturated heterocycles. The van der Waals surface area contributed by atoms with Gasteiger partial charge in [0.1, 0.15) is 19.0 Å². The average molecular weight is 277 g/mol. The molecule has 0 saturated carbocycles. The molecule has 0 fully saturated rings. The molecule has 1 rings (SSSR count). The third kappa shape index (κ3) is 6.07. The van der Waals surface area contributed by atoms with Gasteiger partial charge < -0.3 is 14.6 Å². The lowest BCUT2D eigenvalue weighted by Crippen LogP contribution is -2.35. The average Bonchev–Trinajstić information content (AvgIpc) is 2.45. The molecule has 0 radical (unpaired) electrons. The Bertz CT molecular complexity index is 451. The number of hydrogen-bond acceptors (Lipinski definition) is 4. The van der Waals surface area contributed by atoms with E-state index >= 15 is 0 Å². The van der Waals surface area contributed by atoms with E-state index in [0.29, 0.717) is 19.3 Å². The topological polar surface area (TPSA) is 41.9 Å². The summed E-state index contributed by atoms with van der Waals surface area (Å²) in [5, 5.41) is 8.67. The zero-order valence-corrected chi connectivity index (χ0v) is 12.4. The standard InChI is InChI=1S/C16H23NO3/c1-14(13-19-3)17(2)9-11-20-16-8-4-6-15(12-16)7-5-10-18/h4,6,8,12,14,18H,9-11,13H2,1-3H3. The minimum absolute atomic E-state index is 0.132. The molecule has 110 valence electrons. The molecule has 0 aliphatic carbocycles. The van der Waals surface area contributed by atoms with Gasteiger partial charge >= 0.3 is 0 Å². The van der Waals surface area contributed by atoms with E-state index in [-0.39, 0.29) is 6.61 Å². The minimum Gasteiger partial charge on any atom is -0.492 e. The first-order valence-corrected chi connectivity index (χ1v) is 6.69. The second-order valence-corrected chi connectivity index (χ2v) is 4.62. The molecule has 0 spiro atoms. The Kier molecular flexibility index (Phi) is 7.74. The van der Waals surface area contributed by atoms with Crippen LogP contribution in [0.4, 0.5) is 0 Å². The third-order valence-corrected chi connectivity index (χ3v) is 3.02. The van der Waals surface area contributed by atoms with Crippen LogP contribution >= 0.6 is 0 Å². The second-order valence-electron chi connectivity index (χ2n) is 4.62. The fourth-order valence-corrected chi connectivity index (χ4v) is 1.70. The third-order valence-electron chi connectivity index (χ3n) is 3.02. The summed E-state index contributed by atoms with van der Waals surface area (Å²) >= 11 is 0. The molecule has 4 heteroatoms. The monoisotopic (exact) mass is 277 g/mol. The van der Waals surface area contributed by atoms with E-state index < -0.39 is 0 Å². The lowest BCUT2D eigenvalue weighted by Gasteiger charge is -2.23. The Morgan fingerprint density at radius 2 is 2.20 bits per heavy atom. The molecular formula is C16H23NO3. The van der Waals surface area contributed by atoms with Crippen molar-refractivity contribution in [3.8, 4) is 17.6 Å². The number of ether oxygens (including phenoxy) is 2. The number of nitrogens with zero attached hydrogens (tertiary/aromatic N) is 1. The zero-order chi connectivity index (χ0) is 14.8. The van der Waals surface area contributed by atoms with Gasteiger partial charge in [0.05, 0.1) is 6.61 Å². The number of rotatable bonds is 7. The van der Waals surface area contributed by atoms with Gasteiger partial charge in [-0.05, 0) is 32.2 Å². The number of methoxy groups -OCH3 is 1. The highest BCUT2D eigenvalue weighted by Crippen LogP contribution is 2.12. The van der Waals surface area contributed by atoms with E-state index in [1.165, 1.54) is 0 Å². The summed E-state index contributed by atoms with van der Waals surface area (Å²) in [5.41, 5.74) is 0.845. The van der Waals surface area contributed by atoms with Gasteiger partial charge in [0, 0.05) is 25.3 Å². The van der Waals surface area contributed by atoms with Crippen molar-refractivity contribution in [3.05, 3.63) is 29.8 Å². The molecule has 0 aromatic heterocycles. The summed E-state index contributed by atoms with van der Waals surface area (Å²) in [7, 11) is 3.76. The van der Waals surface area contributed by atoms with E-state index in [0.717, 1.165) is 17.9 Å². The SMILES string of the molecule is COCC(C)N(C)CCOc1cccc(C#CCO)c1. The van der Waals surface area contributed by atoms with E-state index in [4.69, 9.17) is 14.6 Å². The molecule has 1 atom stereocenters. The van der Waals surface area contributed by atoms with Crippen LogP contribution < -0.4 is 4.74 Å². The maximum atomic E-state index is 8.67. The first-order chi connectivity index (χ1) is 9.67. The van der Waals surface area contributed by atoms with Crippen molar-refractivity contribution in [2.24, 2.45) is 0 Å². The fraction of sp³-hybridized carbons (Fsp3) is 0.500. The quantitative estimate of drug-likeness (QED) is 0.765. The summed E-state index contributed by atoms with van der Waals surface area (Å²) in [6.45, 7) is 4.14. The van der Waals surface area contributed by atoms with Crippen LogP contribution in [0.15, 0.2) is 24.3 Å². The first kappa shape index (κ1) is 16.5. The molecular weight excluding hydrogens is 254 g/mol. The van der Waals surface area contributed by atoms with E-state index in [9.17, 15) is 0 Å². The lowest BCUT2D eigenvalue weighted by molar-refractivity contribution is 0.105. The normalized spacial score (nSPS) is 11.8. The Balaban J connectivity index is 2.42. The summed E-state index contributed by atoms with van der Waals surface area (Å²) < 4.78 is 10.8.